The minimum Gasteiger partial charge on any atom is -0.369 e. The van der Waals surface area contributed by atoms with E-state index in [1.165, 1.54) is 0 Å². The average Bonchev–Trinajstić information content (AvgIpc) is 2.99. The average molecular weight is 614 g/mol. The maximum atomic E-state index is 13.2. The minimum absolute atomic E-state index is 0.000535. The van der Waals surface area contributed by atoms with Gasteiger partial charge in [0.2, 0.25) is 0 Å². The maximum absolute atomic E-state index is 13.2. The highest BCUT2D eigenvalue weighted by atomic mass is 32.2. The highest BCUT2D eigenvalue weighted by molar-refractivity contribution is 7.91. The normalized spacial score (nSPS) is 14.7. The number of carbonyl (C=O) groups excluding carboxylic acids is 1. The molecule has 0 saturated carbocycles. The number of benzene rings is 3. The van der Waals surface area contributed by atoms with Crippen molar-refractivity contribution >= 4 is 38.6 Å². The standard InChI is InChI=1S/C34H39N5O4S/c1-6-38-22-30(28-8-7-9-29(23(28)2)37-32(40)24-10-12-25(13-11-24)34(3,4)5)36-31(33(38)41)35-26-14-16-27(17-15-26)39-18-20-44(42,43)21-19-39/h7-17,22H,6,18-21H2,1-5H3,(H,35,36)(H,37,40). The lowest BCUT2D eigenvalue weighted by molar-refractivity contribution is 0.102. The van der Waals surface area contributed by atoms with Gasteiger partial charge in [0.25, 0.3) is 11.5 Å². The summed E-state index contributed by atoms with van der Waals surface area (Å²) in [6.07, 6.45) is 1.74. The molecule has 230 valence electrons. The number of aryl methyl sites for hydroxylation is 1. The van der Waals surface area contributed by atoms with E-state index in [1.807, 2.05) is 85.5 Å². The topological polar surface area (TPSA) is 113 Å². The third-order valence-corrected chi connectivity index (χ3v) is 9.63. The van der Waals surface area contributed by atoms with Crippen molar-refractivity contribution < 1.29 is 13.2 Å². The SMILES string of the molecule is CCn1cc(-c2cccc(NC(=O)c3ccc(C(C)(C)C)cc3)c2C)nc(Nc2ccc(N3CCS(=O)(=O)CC3)cc2)c1=O. The molecule has 2 N–H and O–H groups in total. The Morgan fingerprint density at radius 2 is 1.61 bits per heavy atom. The molecule has 44 heavy (non-hydrogen) atoms. The Morgan fingerprint density at radius 1 is 0.955 bits per heavy atom. The van der Waals surface area contributed by atoms with Gasteiger partial charge in [0.15, 0.2) is 15.7 Å². The number of hydrogen-bond acceptors (Lipinski definition) is 7. The highest BCUT2D eigenvalue weighted by Gasteiger charge is 2.22. The minimum atomic E-state index is -2.96. The quantitative estimate of drug-likeness (QED) is 0.272. The summed E-state index contributed by atoms with van der Waals surface area (Å²) in [7, 11) is -2.96. The smallest absolute Gasteiger partial charge is 0.293 e. The zero-order valence-electron chi connectivity index (χ0n) is 25.8. The Hall–Kier alpha value is -4.44. The molecule has 1 aliphatic heterocycles. The van der Waals surface area contributed by atoms with Crippen LogP contribution in [0.15, 0.2) is 77.7 Å². The molecule has 0 spiro atoms. The fourth-order valence-electron chi connectivity index (χ4n) is 5.21. The number of rotatable bonds is 7. The lowest BCUT2D eigenvalue weighted by Crippen LogP contribution is -2.40. The van der Waals surface area contributed by atoms with Crippen LogP contribution in [0.3, 0.4) is 0 Å². The van der Waals surface area contributed by atoms with Crippen LogP contribution in [0.2, 0.25) is 0 Å². The molecule has 4 aromatic rings. The first-order valence-electron chi connectivity index (χ1n) is 14.8. The third-order valence-electron chi connectivity index (χ3n) is 8.03. The highest BCUT2D eigenvalue weighted by Crippen LogP contribution is 2.29. The summed E-state index contributed by atoms with van der Waals surface area (Å²) in [6.45, 7) is 11.6. The predicted molar refractivity (Wildman–Crippen MR) is 178 cm³/mol. The van der Waals surface area contributed by atoms with Gasteiger partial charge in [0.05, 0.1) is 17.2 Å². The molecule has 9 nitrogen and oxygen atoms in total. The van der Waals surface area contributed by atoms with Gasteiger partial charge in [0.1, 0.15) is 0 Å². The Kier molecular flexibility index (Phi) is 8.65. The Balaban J connectivity index is 1.38. The van der Waals surface area contributed by atoms with Crippen LogP contribution in [-0.2, 0) is 21.8 Å². The van der Waals surface area contributed by atoms with E-state index in [-0.39, 0.29) is 34.2 Å². The fraction of sp³-hybridized carbons (Fsp3) is 0.324. The van der Waals surface area contributed by atoms with E-state index in [0.29, 0.717) is 42.3 Å². The van der Waals surface area contributed by atoms with Gasteiger partial charge < -0.3 is 20.1 Å². The van der Waals surface area contributed by atoms with Crippen molar-refractivity contribution in [3.63, 3.8) is 0 Å². The molecule has 0 aliphatic carbocycles. The van der Waals surface area contributed by atoms with Crippen LogP contribution in [0.1, 0.15) is 49.2 Å². The molecule has 1 fully saturated rings. The van der Waals surface area contributed by atoms with E-state index in [2.05, 4.69) is 31.4 Å². The molecule has 0 radical (unpaired) electrons. The van der Waals surface area contributed by atoms with Gasteiger partial charge in [-0.15, -0.1) is 0 Å². The first kappa shape index (κ1) is 31.0. The van der Waals surface area contributed by atoms with Gasteiger partial charge >= 0.3 is 0 Å². The first-order chi connectivity index (χ1) is 20.8. The molecule has 1 aromatic heterocycles. The summed E-state index contributed by atoms with van der Waals surface area (Å²) in [5.41, 5.74) is 6.00. The van der Waals surface area contributed by atoms with Gasteiger partial charge in [-0.2, -0.15) is 0 Å². The number of anilines is 4. The molecular weight excluding hydrogens is 574 g/mol. The Morgan fingerprint density at radius 3 is 2.23 bits per heavy atom. The summed E-state index contributed by atoms with van der Waals surface area (Å²) < 4.78 is 25.2. The van der Waals surface area contributed by atoms with Gasteiger partial charge in [-0.1, -0.05) is 45.0 Å². The number of amides is 1. The van der Waals surface area contributed by atoms with Crippen molar-refractivity contribution in [2.75, 3.05) is 40.1 Å². The molecule has 0 unspecified atom stereocenters. The van der Waals surface area contributed by atoms with E-state index < -0.39 is 9.84 Å². The molecule has 0 atom stereocenters. The van der Waals surface area contributed by atoms with Crippen molar-refractivity contribution in [3.05, 3.63) is 100.0 Å². The van der Waals surface area contributed by atoms with Crippen LogP contribution in [0.25, 0.3) is 11.3 Å². The van der Waals surface area contributed by atoms with E-state index >= 15 is 0 Å². The second kappa shape index (κ2) is 12.3. The van der Waals surface area contributed by atoms with Crippen molar-refractivity contribution in [3.8, 4) is 11.3 Å². The number of nitrogens with zero attached hydrogens (tertiary/aromatic N) is 3. The Labute approximate surface area is 258 Å². The number of carbonyl (C=O) groups is 1. The van der Waals surface area contributed by atoms with E-state index in [9.17, 15) is 18.0 Å². The molecule has 2 heterocycles. The van der Waals surface area contributed by atoms with Crippen LogP contribution < -0.4 is 21.1 Å². The second-order valence-electron chi connectivity index (χ2n) is 12.1. The van der Waals surface area contributed by atoms with E-state index in [0.717, 1.165) is 22.4 Å². The van der Waals surface area contributed by atoms with Crippen molar-refractivity contribution in [2.24, 2.45) is 0 Å². The van der Waals surface area contributed by atoms with Gasteiger partial charge in [-0.25, -0.2) is 13.4 Å². The van der Waals surface area contributed by atoms with Gasteiger partial charge in [0, 0.05) is 54.0 Å². The van der Waals surface area contributed by atoms with Gasteiger partial charge in [-0.3, -0.25) is 9.59 Å². The van der Waals surface area contributed by atoms with Gasteiger partial charge in [-0.05, 0) is 72.9 Å². The summed E-state index contributed by atoms with van der Waals surface area (Å²) in [4.78, 5) is 33.1. The van der Waals surface area contributed by atoms with Crippen LogP contribution in [0.4, 0.5) is 22.9 Å². The number of aromatic nitrogens is 2. The lowest BCUT2D eigenvalue weighted by Gasteiger charge is -2.28. The summed E-state index contributed by atoms with van der Waals surface area (Å²) in [6, 6.07) is 20.8. The zero-order valence-corrected chi connectivity index (χ0v) is 26.7. The van der Waals surface area contributed by atoms with Crippen molar-refractivity contribution in [1.82, 2.24) is 9.55 Å². The van der Waals surface area contributed by atoms with Crippen LogP contribution in [0.5, 0.6) is 0 Å². The second-order valence-corrected chi connectivity index (χ2v) is 14.4. The Bertz CT molecular complexity index is 1830. The summed E-state index contributed by atoms with van der Waals surface area (Å²) >= 11 is 0. The van der Waals surface area contributed by atoms with Crippen molar-refractivity contribution in [1.29, 1.82) is 0 Å². The summed E-state index contributed by atoms with van der Waals surface area (Å²) in [5.74, 6) is 0.285. The molecule has 0 bridgehead atoms. The van der Waals surface area contributed by atoms with E-state index in [1.54, 1.807) is 10.8 Å². The fourth-order valence-corrected chi connectivity index (χ4v) is 6.41. The molecule has 1 aliphatic rings. The molecule has 1 amide bonds. The summed E-state index contributed by atoms with van der Waals surface area (Å²) in [5, 5.41) is 6.21. The van der Waals surface area contributed by atoms with Crippen LogP contribution in [-0.4, -0.2) is 48.5 Å². The number of sulfone groups is 1. The molecular formula is C34H39N5O4S. The predicted octanol–water partition coefficient (Wildman–Crippen LogP) is 5.77. The number of nitrogens with one attached hydrogen (secondary N) is 2. The maximum Gasteiger partial charge on any atom is 0.293 e. The van der Waals surface area contributed by atoms with Crippen LogP contribution >= 0.6 is 0 Å². The molecule has 10 heteroatoms. The van der Waals surface area contributed by atoms with E-state index in [4.69, 9.17) is 4.98 Å². The third kappa shape index (κ3) is 6.86. The largest absolute Gasteiger partial charge is 0.369 e. The first-order valence-corrected chi connectivity index (χ1v) is 16.6. The lowest BCUT2D eigenvalue weighted by atomic mass is 9.86. The zero-order chi connectivity index (χ0) is 31.6. The van der Waals surface area contributed by atoms with Crippen molar-refractivity contribution in [2.45, 2.75) is 46.6 Å². The molecule has 3 aromatic carbocycles. The molecule has 1 saturated heterocycles. The van der Waals surface area contributed by atoms with Crippen LogP contribution in [0, 0.1) is 6.92 Å². The monoisotopic (exact) mass is 613 g/mol. The number of hydrogen-bond donors (Lipinski definition) is 2. The molecule has 5 rings (SSSR count).